The van der Waals surface area contributed by atoms with Gasteiger partial charge in [-0.1, -0.05) is 43.3 Å². The highest BCUT2D eigenvalue weighted by Gasteiger charge is 2.12. The summed E-state index contributed by atoms with van der Waals surface area (Å²) in [7, 11) is 1.36. The summed E-state index contributed by atoms with van der Waals surface area (Å²) in [5.74, 6) is -0.349. The predicted molar refractivity (Wildman–Crippen MR) is 82.3 cm³/mol. The molecule has 0 aliphatic rings. The van der Waals surface area contributed by atoms with Crippen molar-refractivity contribution in [3.63, 3.8) is 0 Å². The first-order valence-electron chi connectivity index (χ1n) is 7.08. The second kappa shape index (κ2) is 7.04. The zero-order valence-corrected chi connectivity index (χ0v) is 12.4. The van der Waals surface area contributed by atoms with Crippen LogP contribution in [0.25, 0.3) is 0 Å². The van der Waals surface area contributed by atoms with E-state index < -0.39 is 6.10 Å². The largest absolute Gasteiger partial charge is 0.465 e. The Hall–Kier alpha value is -2.13. The molecule has 1 N–H and O–H groups in total. The van der Waals surface area contributed by atoms with Crippen LogP contribution in [0.15, 0.2) is 48.5 Å². The molecule has 2 aromatic rings. The molecular weight excluding hydrogens is 264 g/mol. The van der Waals surface area contributed by atoms with Crippen LogP contribution in [0.4, 0.5) is 0 Å². The van der Waals surface area contributed by atoms with Gasteiger partial charge in [0.2, 0.25) is 0 Å². The van der Waals surface area contributed by atoms with E-state index >= 15 is 0 Å². The van der Waals surface area contributed by atoms with E-state index in [0.717, 1.165) is 23.1 Å². The number of aryl methyl sites for hydroxylation is 1. The van der Waals surface area contributed by atoms with E-state index in [1.165, 1.54) is 7.11 Å². The fraction of sp³-hybridized carbons (Fsp3) is 0.278. The third-order valence-electron chi connectivity index (χ3n) is 3.60. The lowest BCUT2D eigenvalue weighted by Gasteiger charge is -2.15. The number of hydrogen-bond acceptors (Lipinski definition) is 3. The first-order chi connectivity index (χ1) is 10.2. The Labute approximate surface area is 125 Å². The highest BCUT2D eigenvalue weighted by Crippen LogP contribution is 2.22. The molecule has 0 aromatic heterocycles. The van der Waals surface area contributed by atoms with Gasteiger partial charge in [0.1, 0.15) is 0 Å². The van der Waals surface area contributed by atoms with Crippen molar-refractivity contribution in [1.82, 2.24) is 0 Å². The van der Waals surface area contributed by atoms with Crippen molar-refractivity contribution in [1.29, 1.82) is 0 Å². The molecule has 3 nitrogen and oxygen atoms in total. The van der Waals surface area contributed by atoms with Crippen LogP contribution in [0.1, 0.15) is 40.1 Å². The van der Waals surface area contributed by atoms with E-state index in [-0.39, 0.29) is 5.97 Å². The smallest absolute Gasteiger partial charge is 0.337 e. The minimum atomic E-state index is -0.537. The number of hydrogen-bond donors (Lipinski definition) is 1. The maximum absolute atomic E-state index is 11.4. The van der Waals surface area contributed by atoms with Crippen LogP contribution in [0.5, 0.6) is 0 Å². The molecule has 3 heteroatoms. The van der Waals surface area contributed by atoms with Gasteiger partial charge in [0.05, 0.1) is 18.8 Å². The third-order valence-corrected chi connectivity index (χ3v) is 3.60. The van der Waals surface area contributed by atoms with E-state index in [9.17, 15) is 9.90 Å². The Balaban J connectivity index is 2.12. The van der Waals surface area contributed by atoms with Gasteiger partial charge in [0.15, 0.2) is 0 Å². The molecule has 0 amide bonds. The van der Waals surface area contributed by atoms with Crippen LogP contribution in [0, 0.1) is 0 Å². The number of carbonyl (C=O) groups is 1. The number of aliphatic hydroxyl groups is 1. The fourth-order valence-corrected chi connectivity index (χ4v) is 2.41. The fourth-order valence-electron chi connectivity index (χ4n) is 2.41. The van der Waals surface area contributed by atoms with Gasteiger partial charge in [-0.25, -0.2) is 4.79 Å². The van der Waals surface area contributed by atoms with Crippen molar-refractivity contribution in [2.75, 3.05) is 7.11 Å². The lowest BCUT2D eigenvalue weighted by Crippen LogP contribution is -2.06. The van der Waals surface area contributed by atoms with Gasteiger partial charge in [-0.05, 0) is 35.2 Å². The molecule has 0 aliphatic heterocycles. The average molecular weight is 284 g/mol. The number of rotatable bonds is 5. The van der Waals surface area contributed by atoms with Crippen LogP contribution >= 0.6 is 0 Å². The third kappa shape index (κ3) is 3.70. The monoisotopic (exact) mass is 284 g/mol. The lowest BCUT2D eigenvalue weighted by molar-refractivity contribution is 0.0600. The first kappa shape index (κ1) is 15.3. The molecule has 2 aromatic carbocycles. The quantitative estimate of drug-likeness (QED) is 0.857. The molecule has 0 saturated carbocycles. The van der Waals surface area contributed by atoms with Gasteiger partial charge in [0.25, 0.3) is 0 Å². The normalized spacial score (nSPS) is 12.0. The first-order valence-corrected chi connectivity index (χ1v) is 7.08. The summed E-state index contributed by atoms with van der Waals surface area (Å²) in [6.45, 7) is 2.08. The minimum absolute atomic E-state index is 0.349. The lowest BCUT2D eigenvalue weighted by atomic mass is 9.95. The van der Waals surface area contributed by atoms with Crippen molar-refractivity contribution in [3.8, 4) is 0 Å². The summed E-state index contributed by atoms with van der Waals surface area (Å²) >= 11 is 0. The number of esters is 1. The minimum Gasteiger partial charge on any atom is -0.465 e. The Kier molecular flexibility index (Phi) is 5.12. The Morgan fingerprint density at radius 1 is 1.14 bits per heavy atom. The van der Waals surface area contributed by atoms with Crippen LogP contribution in [-0.2, 0) is 17.6 Å². The van der Waals surface area contributed by atoms with Crippen LogP contribution in [0.3, 0.4) is 0 Å². The van der Waals surface area contributed by atoms with Crippen molar-refractivity contribution in [3.05, 3.63) is 70.8 Å². The second-order valence-electron chi connectivity index (χ2n) is 4.96. The molecule has 110 valence electrons. The summed E-state index contributed by atoms with van der Waals surface area (Å²) < 4.78 is 4.67. The molecule has 0 radical (unpaired) electrons. The van der Waals surface area contributed by atoms with Crippen molar-refractivity contribution in [2.24, 2.45) is 0 Å². The number of benzene rings is 2. The van der Waals surface area contributed by atoms with E-state index in [1.54, 1.807) is 12.1 Å². The van der Waals surface area contributed by atoms with Gasteiger partial charge in [-0.3, -0.25) is 0 Å². The van der Waals surface area contributed by atoms with E-state index in [1.807, 2.05) is 36.4 Å². The summed E-state index contributed by atoms with van der Waals surface area (Å²) in [5, 5.41) is 10.4. The molecule has 0 fully saturated rings. The van der Waals surface area contributed by atoms with Crippen molar-refractivity contribution < 1.29 is 14.6 Å². The van der Waals surface area contributed by atoms with E-state index in [2.05, 4.69) is 11.7 Å². The molecule has 0 saturated heterocycles. The maximum Gasteiger partial charge on any atom is 0.337 e. The summed E-state index contributed by atoms with van der Waals surface area (Å²) in [4.78, 5) is 11.4. The van der Waals surface area contributed by atoms with Gasteiger partial charge in [-0.2, -0.15) is 0 Å². The summed E-state index contributed by atoms with van der Waals surface area (Å²) in [6, 6.07) is 15.1. The number of carbonyl (C=O) groups excluding carboxylic acids is 1. The molecule has 0 spiro atoms. The zero-order valence-electron chi connectivity index (χ0n) is 12.4. The highest BCUT2D eigenvalue weighted by molar-refractivity contribution is 5.89. The van der Waals surface area contributed by atoms with Crippen LogP contribution in [0.2, 0.25) is 0 Å². The molecule has 0 heterocycles. The Morgan fingerprint density at radius 2 is 1.81 bits per heavy atom. The number of methoxy groups -OCH3 is 1. The van der Waals surface area contributed by atoms with E-state index in [0.29, 0.717) is 12.0 Å². The van der Waals surface area contributed by atoms with Crippen LogP contribution in [-0.4, -0.2) is 18.2 Å². The molecule has 1 atom stereocenters. The molecule has 21 heavy (non-hydrogen) atoms. The molecular formula is C18H20O3. The van der Waals surface area contributed by atoms with Crippen molar-refractivity contribution in [2.45, 2.75) is 25.9 Å². The summed E-state index contributed by atoms with van der Waals surface area (Å²) in [5.41, 5.74) is 3.64. The second-order valence-corrected chi connectivity index (χ2v) is 4.96. The maximum atomic E-state index is 11.4. The topological polar surface area (TPSA) is 46.5 Å². The van der Waals surface area contributed by atoms with Gasteiger partial charge >= 0.3 is 5.97 Å². The molecule has 0 bridgehead atoms. The number of aliphatic hydroxyl groups excluding tert-OH is 1. The van der Waals surface area contributed by atoms with E-state index in [4.69, 9.17) is 0 Å². The van der Waals surface area contributed by atoms with Gasteiger partial charge < -0.3 is 9.84 Å². The van der Waals surface area contributed by atoms with Crippen molar-refractivity contribution >= 4 is 5.97 Å². The van der Waals surface area contributed by atoms with Gasteiger partial charge in [0, 0.05) is 6.42 Å². The standard InChI is InChI=1S/C18H20O3/c1-3-14-6-4-5-7-16(14)17(19)12-13-8-10-15(11-9-13)18(20)21-2/h4-11,17,19H,3,12H2,1-2H3. The zero-order chi connectivity index (χ0) is 15.2. The Bertz CT molecular complexity index is 602. The average Bonchev–Trinajstić information content (AvgIpc) is 2.54. The summed E-state index contributed by atoms with van der Waals surface area (Å²) in [6.07, 6.45) is 0.887. The number of ether oxygens (including phenoxy) is 1. The highest BCUT2D eigenvalue weighted by atomic mass is 16.5. The SMILES string of the molecule is CCc1ccccc1C(O)Cc1ccc(C(=O)OC)cc1. The van der Waals surface area contributed by atoms with Crippen LogP contribution < -0.4 is 0 Å². The predicted octanol–water partition coefficient (Wildman–Crippen LogP) is 3.31. The molecule has 1 unspecified atom stereocenters. The van der Waals surface area contributed by atoms with Gasteiger partial charge in [-0.15, -0.1) is 0 Å². The molecule has 0 aliphatic carbocycles. The Morgan fingerprint density at radius 3 is 2.43 bits per heavy atom. The molecule has 2 rings (SSSR count).